The quantitative estimate of drug-likeness (QED) is 0.477. The molecule has 0 aromatic heterocycles. The Bertz CT molecular complexity index is 1180. The summed E-state index contributed by atoms with van der Waals surface area (Å²) in [5, 5.41) is 11.8. The second-order valence-electron chi connectivity index (χ2n) is 6.85. The van der Waals surface area contributed by atoms with Crippen LogP contribution < -0.4 is 10.5 Å². The third kappa shape index (κ3) is 3.98. The molecule has 0 radical (unpaired) electrons. The van der Waals surface area contributed by atoms with E-state index in [0.717, 1.165) is 33.0 Å². The maximum atomic E-state index is 11.7. The highest BCUT2D eigenvalue weighted by atomic mass is 16.5. The van der Waals surface area contributed by atoms with Crippen LogP contribution in [0.1, 0.15) is 21.5 Å². The Morgan fingerprint density at radius 3 is 2.45 bits per heavy atom. The van der Waals surface area contributed by atoms with Crippen LogP contribution in [0.3, 0.4) is 0 Å². The molecule has 0 amide bonds. The number of carboxylic acids is 1. The van der Waals surface area contributed by atoms with Crippen LogP contribution in [0.2, 0.25) is 0 Å². The average molecular weight is 383 g/mol. The van der Waals surface area contributed by atoms with Gasteiger partial charge in [0.05, 0.1) is 0 Å². The van der Waals surface area contributed by atoms with E-state index in [9.17, 15) is 9.90 Å². The average Bonchev–Trinajstić information content (AvgIpc) is 2.77. The van der Waals surface area contributed by atoms with Crippen LogP contribution in [0.5, 0.6) is 5.75 Å². The number of hydrogen-bond donors (Lipinski definition) is 2. The Labute approximate surface area is 169 Å². The number of ether oxygens (including phenoxy) is 1. The van der Waals surface area contributed by atoms with Crippen molar-refractivity contribution in [1.82, 2.24) is 0 Å². The molecule has 0 aliphatic carbocycles. The summed E-state index contributed by atoms with van der Waals surface area (Å²) in [6.07, 6.45) is 0. The monoisotopic (exact) mass is 383 g/mol. The lowest BCUT2D eigenvalue weighted by molar-refractivity contribution is 0.0692. The Balaban J connectivity index is 1.68. The molecule has 4 aromatic carbocycles. The third-order valence-electron chi connectivity index (χ3n) is 4.97. The van der Waals surface area contributed by atoms with Gasteiger partial charge < -0.3 is 15.6 Å². The van der Waals surface area contributed by atoms with Crippen LogP contribution in [0.15, 0.2) is 84.9 Å². The Kier molecular flexibility index (Phi) is 5.27. The van der Waals surface area contributed by atoms with Crippen molar-refractivity contribution >= 4 is 16.7 Å². The van der Waals surface area contributed by atoms with Crippen LogP contribution in [-0.4, -0.2) is 11.1 Å². The molecular weight excluding hydrogens is 362 g/mol. The highest BCUT2D eigenvalue weighted by Gasteiger charge is 2.14. The van der Waals surface area contributed by atoms with E-state index in [4.69, 9.17) is 10.5 Å². The molecule has 0 aliphatic rings. The van der Waals surface area contributed by atoms with Gasteiger partial charge in [-0.15, -0.1) is 0 Å². The number of aromatic carboxylic acids is 1. The Morgan fingerprint density at radius 1 is 0.862 bits per heavy atom. The van der Waals surface area contributed by atoms with Gasteiger partial charge in [-0.1, -0.05) is 66.7 Å². The number of carboxylic acid groups (broad SMARTS) is 1. The minimum Gasteiger partial charge on any atom is -0.488 e. The SMILES string of the molecule is NCc1cccc(-c2ccc(C(=O)O)c(OCc3cccc4ccccc34)c2)c1. The van der Waals surface area contributed by atoms with Crippen molar-refractivity contribution in [2.24, 2.45) is 5.73 Å². The zero-order chi connectivity index (χ0) is 20.2. The first-order chi connectivity index (χ1) is 14.2. The van der Waals surface area contributed by atoms with Gasteiger partial charge in [-0.3, -0.25) is 0 Å². The first kappa shape index (κ1) is 18.7. The largest absolute Gasteiger partial charge is 0.488 e. The normalized spacial score (nSPS) is 10.8. The number of carbonyl (C=O) groups is 1. The van der Waals surface area contributed by atoms with E-state index in [1.54, 1.807) is 18.2 Å². The molecule has 0 heterocycles. The maximum absolute atomic E-state index is 11.7. The van der Waals surface area contributed by atoms with Gasteiger partial charge in [0.25, 0.3) is 0 Å². The molecule has 0 aliphatic heterocycles. The summed E-state index contributed by atoms with van der Waals surface area (Å²) < 4.78 is 6.01. The fourth-order valence-electron chi connectivity index (χ4n) is 3.45. The van der Waals surface area contributed by atoms with Crippen molar-refractivity contribution in [3.8, 4) is 16.9 Å². The smallest absolute Gasteiger partial charge is 0.339 e. The van der Waals surface area contributed by atoms with Crippen LogP contribution in [0.4, 0.5) is 0 Å². The maximum Gasteiger partial charge on any atom is 0.339 e. The molecule has 4 nitrogen and oxygen atoms in total. The first-order valence-electron chi connectivity index (χ1n) is 9.42. The topological polar surface area (TPSA) is 72.6 Å². The number of benzene rings is 4. The van der Waals surface area contributed by atoms with Crippen molar-refractivity contribution in [2.45, 2.75) is 13.2 Å². The van der Waals surface area contributed by atoms with Crippen LogP contribution in [0.25, 0.3) is 21.9 Å². The first-order valence-corrected chi connectivity index (χ1v) is 9.42. The summed E-state index contributed by atoms with van der Waals surface area (Å²) in [4.78, 5) is 11.7. The van der Waals surface area contributed by atoms with E-state index in [1.165, 1.54) is 0 Å². The predicted molar refractivity (Wildman–Crippen MR) is 115 cm³/mol. The molecule has 0 bridgehead atoms. The molecule has 4 rings (SSSR count). The van der Waals surface area contributed by atoms with E-state index < -0.39 is 5.97 Å². The van der Waals surface area contributed by atoms with Gasteiger partial charge in [0.2, 0.25) is 0 Å². The number of rotatable bonds is 6. The summed E-state index contributed by atoms with van der Waals surface area (Å²) in [6.45, 7) is 0.736. The lowest BCUT2D eigenvalue weighted by Gasteiger charge is -2.13. The third-order valence-corrected chi connectivity index (χ3v) is 4.97. The second kappa shape index (κ2) is 8.17. The number of fused-ring (bicyclic) bond motifs is 1. The van der Waals surface area contributed by atoms with Gasteiger partial charge in [-0.05, 0) is 51.2 Å². The van der Waals surface area contributed by atoms with E-state index in [0.29, 0.717) is 12.3 Å². The summed E-state index contributed by atoms with van der Waals surface area (Å²) in [7, 11) is 0. The summed E-state index contributed by atoms with van der Waals surface area (Å²) >= 11 is 0. The summed E-state index contributed by atoms with van der Waals surface area (Å²) in [5.41, 5.74) is 9.77. The number of hydrogen-bond acceptors (Lipinski definition) is 3. The summed E-state index contributed by atoms with van der Waals surface area (Å²) in [5.74, 6) is -0.665. The predicted octanol–water partition coefficient (Wildman–Crippen LogP) is 5.24. The van der Waals surface area contributed by atoms with E-state index in [-0.39, 0.29) is 12.2 Å². The fourth-order valence-corrected chi connectivity index (χ4v) is 3.45. The van der Waals surface area contributed by atoms with Crippen LogP contribution >= 0.6 is 0 Å². The van der Waals surface area contributed by atoms with E-state index in [2.05, 4.69) is 0 Å². The molecule has 4 heteroatoms. The Morgan fingerprint density at radius 2 is 1.62 bits per heavy atom. The molecule has 0 atom stereocenters. The van der Waals surface area contributed by atoms with Gasteiger partial charge in [0.1, 0.15) is 17.9 Å². The van der Waals surface area contributed by atoms with E-state index >= 15 is 0 Å². The molecule has 0 saturated heterocycles. The molecule has 0 fully saturated rings. The zero-order valence-corrected chi connectivity index (χ0v) is 15.8. The lowest BCUT2D eigenvalue weighted by Crippen LogP contribution is -2.04. The van der Waals surface area contributed by atoms with Crippen molar-refractivity contribution in [1.29, 1.82) is 0 Å². The lowest BCUT2D eigenvalue weighted by atomic mass is 10.0. The van der Waals surface area contributed by atoms with Gasteiger partial charge in [-0.25, -0.2) is 4.79 Å². The molecule has 3 N–H and O–H groups in total. The molecule has 0 saturated carbocycles. The van der Waals surface area contributed by atoms with Crippen molar-refractivity contribution in [3.05, 3.63) is 102 Å². The van der Waals surface area contributed by atoms with Crippen LogP contribution in [-0.2, 0) is 13.2 Å². The van der Waals surface area contributed by atoms with Crippen LogP contribution in [0, 0.1) is 0 Å². The van der Waals surface area contributed by atoms with Crippen molar-refractivity contribution < 1.29 is 14.6 Å². The highest BCUT2D eigenvalue weighted by molar-refractivity contribution is 5.92. The van der Waals surface area contributed by atoms with Crippen molar-refractivity contribution in [3.63, 3.8) is 0 Å². The van der Waals surface area contributed by atoms with Gasteiger partial charge >= 0.3 is 5.97 Å². The van der Waals surface area contributed by atoms with Crippen molar-refractivity contribution in [2.75, 3.05) is 0 Å². The molecule has 144 valence electrons. The number of nitrogens with two attached hydrogens (primary N) is 1. The summed E-state index contributed by atoms with van der Waals surface area (Å²) in [6, 6.07) is 27.2. The molecule has 0 unspecified atom stereocenters. The standard InChI is InChI=1S/C25H21NO3/c26-15-17-5-3-8-19(13-17)20-11-12-23(25(27)28)24(14-20)29-16-21-9-4-7-18-6-1-2-10-22(18)21/h1-14H,15-16,26H2,(H,27,28). The van der Waals surface area contributed by atoms with E-state index in [1.807, 2.05) is 66.7 Å². The molecule has 0 spiro atoms. The minimum atomic E-state index is -1.01. The Hall–Kier alpha value is -3.63. The van der Waals surface area contributed by atoms with Gasteiger partial charge in [0.15, 0.2) is 0 Å². The fraction of sp³-hybridized carbons (Fsp3) is 0.0800. The van der Waals surface area contributed by atoms with Gasteiger partial charge in [-0.2, -0.15) is 0 Å². The van der Waals surface area contributed by atoms with Gasteiger partial charge in [0, 0.05) is 6.54 Å². The zero-order valence-electron chi connectivity index (χ0n) is 15.8. The second-order valence-corrected chi connectivity index (χ2v) is 6.85. The highest BCUT2D eigenvalue weighted by Crippen LogP contribution is 2.29. The molecule has 29 heavy (non-hydrogen) atoms. The minimum absolute atomic E-state index is 0.143. The molecule has 4 aromatic rings. The molecular formula is C25H21NO3.